The molecule has 13 heteroatoms. The number of aromatic nitrogens is 4. The lowest BCUT2D eigenvalue weighted by Gasteiger charge is -2.44. The van der Waals surface area contributed by atoms with Crippen LogP contribution in [0.2, 0.25) is 0 Å². The van der Waals surface area contributed by atoms with E-state index in [4.69, 9.17) is 9.90 Å². The molecule has 0 aliphatic carbocycles. The fourth-order valence-corrected chi connectivity index (χ4v) is 5.29. The van der Waals surface area contributed by atoms with Crippen LogP contribution in [0.3, 0.4) is 0 Å². The van der Waals surface area contributed by atoms with Gasteiger partial charge in [0.05, 0.1) is 11.2 Å². The fourth-order valence-electron chi connectivity index (χ4n) is 4.47. The fraction of sp³-hybridized carbons (Fsp3) is 0.696. The van der Waals surface area contributed by atoms with Gasteiger partial charge in [-0.05, 0) is 57.0 Å². The first-order valence-electron chi connectivity index (χ1n) is 12.0. The molecule has 1 spiro atoms. The van der Waals surface area contributed by atoms with Gasteiger partial charge < -0.3 is 15.0 Å². The number of carbonyl (C=O) groups excluding carboxylic acids is 1. The summed E-state index contributed by atoms with van der Waals surface area (Å²) in [6.45, 7) is 11.2. The second-order valence-electron chi connectivity index (χ2n) is 9.90. The molecule has 0 unspecified atom stereocenters. The minimum atomic E-state index is -5.08. The van der Waals surface area contributed by atoms with E-state index in [1.807, 2.05) is 5.51 Å². The Hall–Kier alpha value is -2.54. The molecule has 2 N–H and O–H groups in total. The van der Waals surface area contributed by atoms with E-state index < -0.39 is 12.1 Å². The Balaban J connectivity index is 0.000000454. The molecule has 2 aliphatic rings. The van der Waals surface area contributed by atoms with E-state index in [1.54, 1.807) is 11.3 Å². The zero-order valence-electron chi connectivity index (χ0n) is 20.8. The Morgan fingerprint density at radius 2 is 1.89 bits per heavy atom. The van der Waals surface area contributed by atoms with Gasteiger partial charge in [-0.15, -0.1) is 21.5 Å². The maximum atomic E-state index is 12.6. The number of nitrogens with one attached hydrogen (secondary N) is 1. The van der Waals surface area contributed by atoms with Gasteiger partial charge in [0.25, 0.3) is 5.91 Å². The highest BCUT2D eigenvalue weighted by Gasteiger charge is 2.40. The molecule has 0 atom stereocenters. The topological polar surface area (TPSA) is 113 Å². The number of carboxylic acids is 1. The Morgan fingerprint density at radius 1 is 1.22 bits per heavy atom. The molecular formula is C23H33F3N6O3S. The van der Waals surface area contributed by atoms with Crippen molar-refractivity contribution in [3.05, 3.63) is 27.7 Å². The first-order chi connectivity index (χ1) is 16.9. The molecule has 0 saturated carbocycles. The van der Waals surface area contributed by atoms with Gasteiger partial charge in [0.15, 0.2) is 0 Å². The number of amides is 1. The molecule has 200 valence electrons. The molecule has 4 heterocycles. The minimum absolute atomic E-state index is 0.0837. The summed E-state index contributed by atoms with van der Waals surface area (Å²) in [7, 11) is 0. The normalized spacial score (nSPS) is 17.4. The van der Waals surface area contributed by atoms with Crippen molar-refractivity contribution in [3.63, 3.8) is 0 Å². The van der Waals surface area contributed by atoms with E-state index in [0.29, 0.717) is 18.3 Å². The quantitative estimate of drug-likeness (QED) is 0.586. The number of halogens is 3. The van der Waals surface area contributed by atoms with Crippen molar-refractivity contribution in [2.45, 2.75) is 72.1 Å². The monoisotopic (exact) mass is 530 g/mol. The SMILES string of the molecule is Cc1ncsc1CN1CCC2(CCc3nnc(C(=O)NCCC(C)C)n3C2)CC1.O=C(O)C(F)(F)F. The van der Waals surface area contributed by atoms with Crippen molar-refractivity contribution in [2.24, 2.45) is 11.3 Å². The number of piperidine rings is 1. The van der Waals surface area contributed by atoms with Crippen molar-refractivity contribution < 1.29 is 27.9 Å². The molecule has 1 fully saturated rings. The number of carboxylic acid groups (broad SMARTS) is 1. The molecule has 2 aromatic heterocycles. The van der Waals surface area contributed by atoms with E-state index in [2.05, 4.69) is 50.7 Å². The maximum absolute atomic E-state index is 12.6. The number of aliphatic carboxylic acids is 1. The van der Waals surface area contributed by atoms with E-state index in [0.717, 1.165) is 69.8 Å². The van der Waals surface area contributed by atoms with Crippen LogP contribution in [0.25, 0.3) is 0 Å². The van der Waals surface area contributed by atoms with Crippen LogP contribution >= 0.6 is 11.3 Å². The molecule has 36 heavy (non-hydrogen) atoms. The molecule has 9 nitrogen and oxygen atoms in total. The molecule has 0 radical (unpaired) electrons. The predicted octanol–water partition coefficient (Wildman–Crippen LogP) is 3.68. The van der Waals surface area contributed by atoms with E-state index in [1.165, 1.54) is 4.88 Å². The number of carbonyl (C=O) groups is 2. The van der Waals surface area contributed by atoms with E-state index >= 15 is 0 Å². The van der Waals surface area contributed by atoms with Gasteiger partial charge in [-0.1, -0.05) is 13.8 Å². The Bertz CT molecular complexity index is 1040. The molecule has 4 rings (SSSR count). The third-order valence-corrected chi connectivity index (χ3v) is 7.70. The van der Waals surface area contributed by atoms with Crippen LogP contribution in [0.15, 0.2) is 5.51 Å². The second kappa shape index (κ2) is 11.7. The van der Waals surface area contributed by atoms with Gasteiger partial charge in [0, 0.05) is 30.9 Å². The first-order valence-corrected chi connectivity index (χ1v) is 12.9. The number of nitrogens with zero attached hydrogens (tertiary/aromatic N) is 5. The highest BCUT2D eigenvalue weighted by atomic mass is 32.1. The average molecular weight is 531 g/mol. The number of fused-ring (bicyclic) bond motifs is 1. The number of likely N-dealkylation sites (tertiary alicyclic amines) is 1. The molecule has 0 aromatic carbocycles. The van der Waals surface area contributed by atoms with Gasteiger partial charge in [-0.3, -0.25) is 9.69 Å². The number of hydrogen-bond acceptors (Lipinski definition) is 7. The van der Waals surface area contributed by atoms with Crippen LogP contribution in [0, 0.1) is 18.3 Å². The molecule has 0 bridgehead atoms. The van der Waals surface area contributed by atoms with Crippen LogP contribution in [-0.4, -0.2) is 67.4 Å². The van der Waals surface area contributed by atoms with Crippen LogP contribution in [0.4, 0.5) is 13.2 Å². The van der Waals surface area contributed by atoms with E-state index in [9.17, 15) is 18.0 Å². The summed E-state index contributed by atoms with van der Waals surface area (Å²) < 4.78 is 33.8. The molecule has 2 aliphatic heterocycles. The van der Waals surface area contributed by atoms with Crippen molar-refractivity contribution in [2.75, 3.05) is 19.6 Å². The van der Waals surface area contributed by atoms with Crippen LogP contribution in [-0.2, 0) is 24.3 Å². The summed E-state index contributed by atoms with van der Waals surface area (Å²) in [6.07, 6.45) is 0.285. The standard InChI is InChI=1S/C21H32N6OS.C2HF3O2/c1-15(2)5-9-22-20(28)19-25-24-18-4-6-21(13-27(18)19)7-10-26(11-8-21)12-17-16(3)23-14-29-17;3-2(4,5)1(6)7/h14-15H,4-13H2,1-3H3,(H,22,28);(H,6,7). The van der Waals surface area contributed by atoms with Crippen molar-refractivity contribution in [1.29, 1.82) is 0 Å². The number of thiazole rings is 1. The second-order valence-corrected chi connectivity index (χ2v) is 10.8. The number of hydrogen-bond donors (Lipinski definition) is 2. The summed E-state index contributed by atoms with van der Waals surface area (Å²) in [4.78, 5) is 29.8. The zero-order valence-corrected chi connectivity index (χ0v) is 21.6. The molecule has 2 aromatic rings. The lowest BCUT2D eigenvalue weighted by atomic mass is 9.73. The van der Waals surface area contributed by atoms with Gasteiger partial charge in [-0.25, -0.2) is 9.78 Å². The maximum Gasteiger partial charge on any atom is 0.490 e. The third kappa shape index (κ3) is 7.25. The molecule has 1 amide bonds. The number of alkyl halides is 3. The van der Waals surface area contributed by atoms with E-state index in [-0.39, 0.29) is 11.3 Å². The van der Waals surface area contributed by atoms with Crippen molar-refractivity contribution in [1.82, 2.24) is 30.0 Å². The van der Waals surface area contributed by atoms with Gasteiger partial charge in [0.1, 0.15) is 5.82 Å². The Morgan fingerprint density at radius 3 is 2.44 bits per heavy atom. The van der Waals surface area contributed by atoms with Gasteiger partial charge in [0.2, 0.25) is 5.82 Å². The van der Waals surface area contributed by atoms with Crippen LogP contribution in [0.1, 0.15) is 66.5 Å². The van der Waals surface area contributed by atoms with Crippen molar-refractivity contribution in [3.8, 4) is 0 Å². The van der Waals surface area contributed by atoms with Gasteiger partial charge in [-0.2, -0.15) is 13.2 Å². The molecular weight excluding hydrogens is 497 g/mol. The lowest BCUT2D eigenvalue weighted by Crippen LogP contribution is -2.44. The Labute approximate surface area is 212 Å². The smallest absolute Gasteiger partial charge is 0.475 e. The predicted molar refractivity (Wildman–Crippen MR) is 128 cm³/mol. The minimum Gasteiger partial charge on any atom is -0.475 e. The van der Waals surface area contributed by atoms with Crippen LogP contribution in [0.5, 0.6) is 0 Å². The van der Waals surface area contributed by atoms with Crippen molar-refractivity contribution >= 4 is 23.2 Å². The molecule has 1 saturated heterocycles. The summed E-state index contributed by atoms with van der Waals surface area (Å²) in [5.74, 6) is -0.810. The summed E-state index contributed by atoms with van der Waals surface area (Å²) in [5.41, 5.74) is 3.37. The summed E-state index contributed by atoms with van der Waals surface area (Å²) in [6, 6.07) is 0. The highest BCUT2D eigenvalue weighted by molar-refractivity contribution is 7.09. The van der Waals surface area contributed by atoms with Gasteiger partial charge >= 0.3 is 12.1 Å². The zero-order chi connectivity index (χ0) is 26.5. The lowest BCUT2D eigenvalue weighted by molar-refractivity contribution is -0.192. The number of rotatable bonds is 6. The first kappa shape index (κ1) is 28.0. The third-order valence-electron chi connectivity index (χ3n) is 6.78. The average Bonchev–Trinajstić information content (AvgIpc) is 3.40. The van der Waals surface area contributed by atoms with Crippen LogP contribution < -0.4 is 5.32 Å². The number of aryl methyl sites for hydroxylation is 2. The summed E-state index contributed by atoms with van der Waals surface area (Å²) in [5, 5.41) is 18.7. The Kier molecular flexibility index (Phi) is 9.09. The largest absolute Gasteiger partial charge is 0.490 e. The highest BCUT2D eigenvalue weighted by Crippen LogP contribution is 2.41. The summed E-state index contributed by atoms with van der Waals surface area (Å²) >= 11 is 1.76.